The molecular formula is C17H19F5N2O. The molecule has 0 aliphatic carbocycles. The summed E-state index contributed by atoms with van der Waals surface area (Å²) in [5.74, 6) is -3.09. The summed E-state index contributed by atoms with van der Waals surface area (Å²) < 4.78 is 64.2. The number of amides is 1. The monoisotopic (exact) mass is 362 g/mol. The van der Waals surface area contributed by atoms with Crippen molar-refractivity contribution in [2.75, 3.05) is 19.6 Å². The van der Waals surface area contributed by atoms with Gasteiger partial charge < -0.3 is 4.90 Å². The van der Waals surface area contributed by atoms with Crippen LogP contribution in [0.1, 0.15) is 36.3 Å². The van der Waals surface area contributed by atoms with Crippen LogP contribution < -0.4 is 5.32 Å². The van der Waals surface area contributed by atoms with E-state index in [-0.39, 0.29) is 11.8 Å². The molecule has 8 heteroatoms. The number of nitrogens with one attached hydrogen (secondary N) is 1. The van der Waals surface area contributed by atoms with Crippen molar-refractivity contribution >= 4 is 5.91 Å². The Bertz CT molecular complexity index is 621. The van der Waals surface area contributed by atoms with Crippen LogP contribution >= 0.6 is 0 Å². The number of halogens is 5. The maximum atomic E-state index is 13.2. The fourth-order valence-corrected chi connectivity index (χ4v) is 3.49. The molecule has 1 atom stereocenters. The second kappa shape index (κ2) is 6.55. The number of hydrogen-bond acceptors (Lipinski definition) is 2. The standard InChI is InChI=1S/C17H19F5N2O/c18-16(19)9-14(23-10-16)15(25)24-7-5-12(6-8-24)11-1-3-13(4-2-11)17(20,21)22/h1-4,12,14,23H,5-10H2. The molecule has 0 aromatic heterocycles. The number of carbonyl (C=O) groups excluding carboxylic acids is 1. The molecule has 1 aromatic carbocycles. The second-order valence-corrected chi connectivity index (χ2v) is 6.71. The van der Waals surface area contributed by atoms with Gasteiger partial charge in [0.15, 0.2) is 0 Å². The average Bonchev–Trinajstić information content (AvgIpc) is 2.94. The van der Waals surface area contributed by atoms with Gasteiger partial charge in [0.25, 0.3) is 5.92 Å². The Morgan fingerprint density at radius 1 is 1.12 bits per heavy atom. The fourth-order valence-electron chi connectivity index (χ4n) is 3.49. The van der Waals surface area contributed by atoms with Gasteiger partial charge in [-0.2, -0.15) is 13.2 Å². The molecule has 2 saturated heterocycles. The van der Waals surface area contributed by atoms with Crippen molar-refractivity contribution in [3.05, 3.63) is 35.4 Å². The molecule has 1 unspecified atom stereocenters. The summed E-state index contributed by atoms with van der Waals surface area (Å²) in [5.41, 5.74) is 0.128. The normalized spacial score (nSPS) is 24.5. The Morgan fingerprint density at radius 2 is 1.72 bits per heavy atom. The predicted octanol–water partition coefficient (Wildman–Crippen LogP) is 3.41. The third-order valence-corrected chi connectivity index (χ3v) is 4.92. The van der Waals surface area contributed by atoms with E-state index in [1.807, 2.05) is 0 Å². The van der Waals surface area contributed by atoms with Crippen molar-refractivity contribution in [3.8, 4) is 0 Å². The Kier molecular flexibility index (Phi) is 4.74. The second-order valence-electron chi connectivity index (χ2n) is 6.71. The van der Waals surface area contributed by atoms with Crippen LogP contribution in [0, 0.1) is 0 Å². The smallest absolute Gasteiger partial charge is 0.341 e. The highest BCUT2D eigenvalue weighted by atomic mass is 19.4. The Hall–Kier alpha value is -1.70. The lowest BCUT2D eigenvalue weighted by molar-refractivity contribution is -0.137. The molecule has 3 rings (SSSR count). The molecule has 2 aliphatic rings. The van der Waals surface area contributed by atoms with Crippen LogP contribution in [-0.4, -0.2) is 42.4 Å². The van der Waals surface area contributed by atoms with E-state index < -0.39 is 36.7 Å². The van der Waals surface area contributed by atoms with Gasteiger partial charge in [-0.1, -0.05) is 12.1 Å². The number of hydrogen-bond donors (Lipinski definition) is 1. The zero-order chi connectivity index (χ0) is 18.2. The van der Waals surface area contributed by atoms with Crippen molar-refractivity contribution in [1.29, 1.82) is 0 Å². The molecule has 1 aromatic rings. The SMILES string of the molecule is O=C(C1CC(F)(F)CN1)N1CCC(c2ccc(C(F)(F)F)cc2)CC1. The van der Waals surface area contributed by atoms with Crippen LogP contribution in [0.4, 0.5) is 22.0 Å². The molecule has 1 amide bonds. The molecule has 0 spiro atoms. The molecule has 0 saturated carbocycles. The van der Waals surface area contributed by atoms with Gasteiger partial charge in [-0.15, -0.1) is 0 Å². The van der Waals surface area contributed by atoms with Gasteiger partial charge in [0.05, 0.1) is 18.2 Å². The summed E-state index contributed by atoms with van der Waals surface area (Å²) in [7, 11) is 0. The Balaban J connectivity index is 1.56. The Morgan fingerprint density at radius 3 is 2.20 bits per heavy atom. The summed E-state index contributed by atoms with van der Waals surface area (Å²) in [4.78, 5) is 13.9. The van der Waals surface area contributed by atoms with Crippen LogP contribution in [0.15, 0.2) is 24.3 Å². The topological polar surface area (TPSA) is 32.3 Å². The minimum atomic E-state index is -4.36. The average molecular weight is 362 g/mol. The van der Waals surface area contributed by atoms with E-state index in [0.29, 0.717) is 25.9 Å². The third-order valence-electron chi connectivity index (χ3n) is 4.92. The van der Waals surface area contributed by atoms with Gasteiger partial charge in [-0.05, 0) is 36.5 Å². The van der Waals surface area contributed by atoms with Crippen molar-refractivity contribution in [2.24, 2.45) is 0 Å². The number of piperidine rings is 1. The first kappa shape index (κ1) is 18.1. The molecule has 0 radical (unpaired) electrons. The van der Waals surface area contributed by atoms with E-state index in [1.165, 1.54) is 12.1 Å². The lowest BCUT2D eigenvalue weighted by atomic mass is 9.88. The third kappa shape index (κ3) is 4.11. The predicted molar refractivity (Wildman–Crippen MR) is 81.4 cm³/mol. The first-order valence-electron chi connectivity index (χ1n) is 8.23. The van der Waals surface area contributed by atoms with Gasteiger partial charge in [0, 0.05) is 19.5 Å². The number of nitrogens with zero attached hydrogens (tertiary/aromatic N) is 1. The van der Waals surface area contributed by atoms with Gasteiger partial charge in [0.1, 0.15) is 0 Å². The molecule has 1 N–H and O–H groups in total. The largest absolute Gasteiger partial charge is 0.416 e. The molecule has 25 heavy (non-hydrogen) atoms. The highest BCUT2D eigenvalue weighted by molar-refractivity contribution is 5.82. The lowest BCUT2D eigenvalue weighted by Crippen LogP contribution is -2.46. The summed E-state index contributed by atoms with van der Waals surface area (Å²) in [6.07, 6.45) is -3.62. The van der Waals surface area contributed by atoms with E-state index in [1.54, 1.807) is 4.90 Å². The Labute approximate surface area is 142 Å². The summed E-state index contributed by atoms with van der Waals surface area (Å²) in [6, 6.07) is 4.24. The number of carbonyl (C=O) groups is 1. The molecule has 2 heterocycles. The van der Waals surface area contributed by atoms with Crippen molar-refractivity contribution in [2.45, 2.75) is 43.3 Å². The highest BCUT2D eigenvalue weighted by Gasteiger charge is 2.44. The van der Waals surface area contributed by atoms with Gasteiger partial charge in [-0.3, -0.25) is 10.1 Å². The van der Waals surface area contributed by atoms with E-state index in [4.69, 9.17) is 0 Å². The molecule has 2 fully saturated rings. The highest BCUT2D eigenvalue weighted by Crippen LogP contribution is 2.33. The number of rotatable bonds is 2. The van der Waals surface area contributed by atoms with Crippen LogP contribution in [0.5, 0.6) is 0 Å². The van der Waals surface area contributed by atoms with Gasteiger partial charge >= 0.3 is 6.18 Å². The van der Waals surface area contributed by atoms with Crippen LogP contribution in [0.2, 0.25) is 0 Å². The maximum Gasteiger partial charge on any atom is 0.416 e. The van der Waals surface area contributed by atoms with Crippen LogP contribution in [-0.2, 0) is 11.0 Å². The minimum absolute atomic E-state index is 0.0734. The molecule has 0 bridgehead atoms. The van der Waals surface area contributed by atoms with Gasteiger partial charge in [0.2, 0.25) is 5.91 Å². The zero-order valence-electron chi connectivity index (χ0n) is 13.5. The molecule has 3 nitrogen and oxygen atoms in total. The minimum Gasteiger partial charge on any atom is -0.341 e. The molecule has 2 aliphatic heterocycles. The summed E-state index contributed by atoms with van der Waals surface area (Å²) in [5, 5.41) is 2.56. The van der Waals surface area contributed by atoms with Gasteiger partial charge in [-0.25, -0.2) is 8.78 Å². The van der Waals surface area contributed by atoms with E-state index >= 15 is 0 Å². The molecule has 138 valence electrons. The van der Waals surface area contributed by atoms with E-state index in [2.05, 4.69) is 5.32 Å². The lowest BCUT2D eigenvalue weighted by Gasteiger charge is -2.33. The summed E-state index contributed by atoms with van der Waals surface area (Å²) >= 11 is 0. The first-order chi connectivity index (χ1) is 11.7. The van der Waals surface area contributed by atoms with Crippen LogP contribution in [0.3, 0.4) is 0 Å². The number of benzene rings is 1. The zero-order valence-corrected chi connectivity index (χ0v) is 13.5. The van der Waals surface area contributed by atoms with Crippen molar-refractivity contribution in [1.82, 2.24) is 10.2 Å². The molecular weight excluding hydrogens is 343 g/mol. The van der Waals surface area contributed by atoms with Crippen molar-refractivity contribution < 1.29 is 26.7 Å². The van der Waals surface area contributed by atoms with E-state index in [0.717, 1.165) is 17.7 Å². The summed E-state index contributed by atoms with van der Waals surface area (Å²) in [6.45, 7) is 0.369. The first-order valence-corrected chi connectivity index (χ1v) is 8.23. The number of alkyl halides is 5. The van der Waals surface area contributed by atoms with E-state index in [9.17, 15) is 26.7 Å². The number of likely N-dealkylation sites (tertiary alicyclic amines) is 1. The van der Waals surface area contributed by atoms with Crippen molar-refractivity contribution in [3.63, 3.8) is 0 Å². The fraction of sp³-hybridized carbons (Fsp3) is 0.588. The maximum absolute atomic E-state index is 13.2. The van der Waals surface area contributed by atoms with Crippen LogP contribution in [0.25, 0.3) is 0 Å². The quantitative estimate of drug-likeness (QED) is 0.818.